The van der Waals surface area contributed by atoms with E-state index >= 15 is 0 Å². The molecule has 1 aliphatic carbocycles. The summed E-state index contributed by atoms with van der Waals surface area (Å²) < 4.78 is 13.6. The van der Waals surface area contributed by atoms with Crippen LogP contribution < -0.4 is 10.2 Å². The van der Waals surface area contributed by atoms with Gasteiger partial charge in [0.1, 0.15) is 11.7 Å². The molecule has 4 rings (SSSR count). The Morgan fingerprint density at radius 3 is 2.45 bits per heavy atom. The van der Waals surface area contributed by atoms with Gasteiger partial charge in [0.05, 0.1) is 18.3 Å². The summed E-state index contributed by atoms with van der Waals surface area (Å²) in [5.74, 6) is 0.0702. The molecule has 0 bridgehead atoms. The van der Waals surface area contributed by atoms with Crippen LogP contribution in [0.4, 0.5) is 14.9 Å². The van der Waals surface area contributed by atoms with E-state index in [1.54, 1.807) is 0 Å². The molecule has 2 aliphatic rings. The molecule has 0 atom stereocenters. The first-order valence-electron chi connectivity index (χ1n) is 15.4. The minimum atomic E-state index is -0.489. The van der Waals surface area contributed by atoms with Crippen molar-refractivity contribution in [3.63, 3.8) is 0 Å². The van der Waals surface area contributed by atoms with Gasteiger partial charge in [-0.1, -0.05) is 50.2 Å². The molecule has 0 radical (unpaired) electrons. The molecular weight excluding hydrogens is 529 g/mol. The van der Waals surface area contributed by atoms with Gasteiger partial charge in [-0.2, -0.15) is 0 Å². The highest BCUT2D eigenvalue weighted by molar-refractivity contribution is 6.28. The lowest BCUT2D eigenvalue weighted by atomic mass is 9.86. The molecule has 8 heteroatoms. The third-order valence-electron chi connectivity index (χ3n) is 8.41. The van der Waals surface area contributed by atoms with Crippen LogP contribution in [0.1, 0.15) is 72.3 Å². The van der Waals surface area contributed by atoms with E-state index in [2.05, 4.69) is 67.2 Å². The summed E-state index contributed by atoms with van der Waals surface area (Å²) in [6.45, 7) is 13.9. The summed E-state index contributed by atoms with van der Waals surface area (Å²) in [6.07, 6.45) is 4.60. The van der Waals surface area contributed by atoms with Crippen LogP contribution in [0.25, 0.3) is 11.1 Å². The third-order valence-corrected chi connectivity index (χ3v) is 8.41. The number of amidine groups is 1. The van der Waals surface area contributed by atoms with E-state index in [-0.39, 0.29) is 24.2 Å². The monoisotopic (exact) mass is 575 g/mol. The van der Waals surface area contributed by atoms with Gasteiger partial charge in [-0.15, -0.1) is 0 Å². The topological polar surface area (TPSA) is 68.2 Å². The van der Waals surface area contributed by atoms with Gasteiger partial charge in [-0.05, 0) is 87.7 Å². The predicted molar refractivity (Wildman–Crippen MR) is 169 cm³/mol. The number of halogens is 1. The van der Waals surface area contributed by atoms with Crippen molar-refractivity contribution in [1.29, 1.82) is 0 Å². The first-order valence-corrected chi connectivity index (χ1v) is 15.4. The van der Waals surface area contributed by atoms with Gasteiger partial charge in [0.2, 0.25) is 5.91 Å². The second-order valence-corrected chi connectivity index (χ2v) is 11.9. The van der Waals surface area contributed by atoms with Crippen LogP contribution in [0.5, 0.6) is 0 Å². The van der Waals surface area contributed by atoms with Crippen molar-refractivity contribution < 1.29 is 14.0 Å². The highest BCUT2D eigenvalue weighted by Crippen LogP contribution is 2.33. The number of rotatable bonds is 11. The maximum atomic E-state index is 13.9. The number of nitrogens with zero attached hydrogens (tertiary/aromatic N) is 4. The molecule has 42 heavy (non-hydrogen) atoms. The van der Waals surface area contributed by atoms with Crippen molar-refractivity contribution in [1.82, 2.24) is 15.1 Å². The Morgan fingerprint density at radius 2 is 1.81 bits per heavy atom. The number of allylic oxidation sites excluding steroid dienone is 1. The maximum absolute atomic E-state index is 13.9. The van der Waals surface area contributed by atoms with E-state index in [9.17, 15) is 14.0 Å². The SMILES string of the molecule is CCN(CCNCc1ccc(-c2cccc(N3C(=O)N(C4CCC(C)CC4)C(=O)CC3=N/C=C(\C)F)c2)cc1)C(C)C. The van der Waals surface area contributed by atoms with E-state index in [1.165, 1.54) is 22.3 Å². The van der Waals surface area contributed by atoms with Gasteiger partial charge in [0, 0.05) is 31.7 Å². The number of likely N-dealkylation sites (N-methyl/N-ethyl adjacent to an activating group) is 1. The Labute approximate surface area is 250 Å². The van der Waals surface area contributed by atoms with Gasteiger partial charge in [-0.25, -0.2) is 19.1 Å². The van der Waals surface area contributed by atoms with Crippen LogP contribution in [-0.4, -0.2) is 59.3 Å². The van der Waals surface area contributed by atoms with Crippen molar-refractivity contribution in [3.05, 3.63) is 66.1 Å². The summed E-state index contributed by atoms with van der Waals surface area (Å²) >= 11 is 0. The Morgan fingerprint density at radius 1 is 1.10 bits per heavy atom. The molecule has 2 aromatic rings. The quantitative estimate of drug-likeness (QED) is 0.289. The normalized spacial score (nSPS) is 21.2. The highest BCUT2D eigenvalue weighted by atomic mass is 19.1. The predicted octanol–water partition coefficient (Wildman–Crippen LogP) is 7.14. The molecule has 0 spiro atoms. The number of amides is 3. The molecule has 2 aromatic carbocycles. The van der Waals surface area contributed by atoms with E-state index < -0.39 is 11.9 Å². The van der Waals surface area contributed by atoms with Gasteiger partial charge in [0.15, 0.2) is 0 Å². The molecule has 1 saturated heterocycles. The molecule has 1 saturated carbocycles. The number of hydrogen-bond donors (Lipinski definition) is 1. The molecule has 0 aromatic heterocycles. The number of imide groups is 1. The lowest BCUT2D eigenvalue weighted by molar-refractivity contribution is -0.129. The third kappa shape index (κ3) is 7.92. The number of nitrogens with one attached hydrogen (secondary N) is 1. The first-order chi connectivity index (χ1) is 20.2. The van der Waals surface area contributed by atoms with Crippen molar-refractivity contribution >= 4 is 23.5 Å². The number of benzene rings is 2. The fraction of sp³-hybridized carbons (Fsp3) is 0.500. The molecule has 1 aliphatic heterocycles. The summed E-state index contributed by atoms with van der Waals surface area (Å²) in [6, 6.07) is 16.1. The van der Waals surface area contributed by atoms with E-state index in [0.29, 0.717) is 17.6 Å². The largest absolute Gasteiger partial charge is 0.337 e. The van der Waals surface area contributed by atoms with Gasteiger partial charge < -0.3 is 5.32 Å². The zero-order valence-corrected chi connectivity index (χ0v) is 25.8. The zero-order valence-electron chi connectivity index (χ0n) is 25.8. The molecule has 226 valence electrons. The fourth-order valence-electron chi connectivity index (χ4n) is 5.89. The number of carbonyl (C=O) groups excluding carboxylic acids is 2. The Hall–Kier alpha value is -3.36. The fourth-order valence-corrected chi connectivity index (χ4v) is 5.89. The Kier molecular flexibility index (Phi) is 11.0. The number of aliphatic imine (C=N–C) groups is 1. The van der Waals surface area contributed by atoms with Gasteiger partial charge in [-0.3, -0.25) is 14.6 Å². The van der Waals surface area contributed by atoms with E-state index in [1.807, 2.05) is 24.3 Å². The molecule has 7 nitrogen and oxygen atoms in total. The summed E-state index contributed by atoms with van der Waals surface area (Å²) in [5, 5.41) is 3.54. The van der Waals surface area contributed by atoms with Crippen LogP contribution >= 0.6 is 0 Å². The van der Waals surface area contributed by atoms with Gasteiger partial charge >= 0.3 is 6.03 Å². The second-order valence-electron chi connectivity index (χ2n) is 11.9. The average molecular weight is 576 g/mol. The lowest BCUT2D eigenvalue weighted by Crippen LogP contribution is -2.59. The van der Waals surface area contributed by atoms with Crippen LogP contribution in [-0.2, 0) is 11.3 Å². The van der Waals surface area contributed by atoms with E-state index in [4.69, 9.17) is 0 Å². The van der Waals surface area contributed by atoms with Crippen molar-refractivity contribution in [3.8, 4) is 11.1 Å². The standard InChI is InChI=1S/C34H46FN5O2/c1-6-38(24(2)3)19-18-36-23-27-12-14-28(15-13-27)29-8-7-9-31(20-29)39-32(37-22-26(5)35)21-33(41)40(34(39)42)30-16-10-25(4)11-17-30/h7-9,12-15,20,22,24-25,30,36H,6,10-11,16-19,21,23H2,1-5H3/b26-22+,37-32?. The smallest absolute Gasteiger partial charge is 0.311 e. The van der Waals surface area contributed by atoms with Crippen molar-refractivity contribution in [2.24, 2.45) is 10.9 Å². The minimum Gasteiger partial charge on any atom is -0.311 e. The first kappa shape index (κ1) is 31.6. The molecule has 3 amide bonds. The molecule has 1 heterocycles. The summed E-state index contributed by atoms with van der Waals surface area (Å²) in [5.41, 5.74) is 3.78. The maximum Gasteiger partial charge on any atom is 0.337 e. The van der Waals surface area contributed by atoms with Crippen molar-refractivity contribution in [2.45, 2.75) is 85.4 Å². The van der Waals surface area contributed by atoms with Crippen LogP contribution in [0.3, 0.4) is 0 Å². The summed E-state index contributed by atoms with van der Waals surface area (Å²) in [7, 11) is 0. The number of hydrogen-bond acceptors (Lipinski definition) is 5. The number of anilines is 1. The van der Waals surface area contributed by atoms with Crippen molar-refractivity contribution in [2.75, 3.05) is 24.5 Å². The number of carbonyl (C=O) groups is 2. The summed E-state index contributed by atoms with van der Waals surface area (Å²) in [4.78, 5) is 36.7. The lowest BCUT2D eigenvalue weighted by Gasteiger charge is -2.41. The van der Waals surface area contributed by atoms with Crippen LogP contribution in [0, 0.1) is 5.92 Å². The van der Waals surface area contributed by atoms with Crippen LogP contribution in [0.2, 0.25) is 0 Å². The zero-order chi connectivity index (χ0) is 30.2. The van der Waals surface area contributed by atoms with Gasteiger partial charge in [0.25, 0.3) is 0 Å². The Bertz CT molecular complexity index is 1280. The molecule has 1 N–H and O–H groups in total. The molecule has 2 fully saturated rings. The highest BCUT2D eigenvalue weighted by Gasteiger charge is 2.42. The Balaban J connectivity index is 1.52. The van der Waals surface area contributed by atoms with E-state index in [0.717, 1.165) is 69.2 Å². The second kappa shape index (κ2) is 14.7. The average Bonchev–Trinajstić information content (AvgIpc) is 2.97. The molecule has 0 unspecified atom stereocenters. The van der Waals surface area contributed by atoms with Crippen LogP contribution in [0.15, 0.2) is 65.6 Å². The molecular formula is C34H46FN5O2. The minimum absolute atomic E-state index is 0.0549. The number of urea groups is 1.